The van der Waals surface area contributed by atoms with Crippen LogP contribution in [0.1, 0.15) is 12.7 Å². The van der Waals surface area contributed by atoms with Gasteiger partial charge in [-0.2, -0.15) is 0 Å². The van der Waals surface area contributed by atoms with Crippen LogP contribution >= 0.6 is 0 Å². The van der Waals surface area contributed by atoms with Gasteiger partial charge in [-0.3, -0.25) is 9.69 Å². The van der Waals surface area contributed by atoms with Gasteiger partial charge >= 0.3 is 5.97 Å². The Morgan fingerprint density at radius 1 is 1.56 bits per heavy atom. The van der Waals surface area contributed by atoms with Crippen molar-refractivity contribution in [2.45, 2.75) is 13.5 Å². The summed E-state index contributed by atoms with van der Waals surface area (Å²) in [4.78, 5) is 21.2. The number of rotatable bonds is 4. The maximum Gasteiger partial charge on any atom is 0.306 e. The van der Waals surface area contributed by atoms with Crippen molar-refractivity contribution in [3.63, 3.8) is 0 Å². The summed E-state index contributed by atoms with van der Waals surface area (Å²) < 4.78 is 0. The van der Waals surface area contributed by atoms with Crippen LogP contribution in [0.4, 0.5) is 0 Å². The highest BCUT2D eigenvalue weighted by atomic mass is 16.4. The zero-order valence-electron chi connectivity index (χ0n) is 9.21. The van der Waals surface area contributed by atoms with E-state index in [9.17, 15) is 4.79 Å². The highest BCUT2D eigenvalue weighted by Crippen LogP contribution is 2.24. The second kappa shape index (κ2) is 4.57. The SMILES string of the molecule is CC(C(=O)O)C1CN(Cc2ncccn2)C1. The van der Waals surface area contributed by atoms with E-state index in [1.807, 2.05) is 0 Å². The fourth-order valence-electron chi connectivity index (χ4n) is 1.87. The van der Waals surface area contributed by atoms with Crippen molar-refractivity contribution in [3.05, 3.63) is 24.3 Å². The Morgan fingerprint density at radius 2 is 2.19 bits per heavy atom. The van der Waals surface area contributed by atoms with Gasteiger partial charge in [0.05, 0.1) is 12.5 Å². The standard InChI is InChI=1S/C11H15N3O2/c1-8(11(15)16)9-5-14(6-9)7-10-12-3-2-4-13-10/h2-4,8-9H,5-7H2,1H3,(H,15,16). The summed E-state index contributed by atoms with van der Waals surface area (Å²) in [5.41, 5.74) is 0. The summed E-state index contributed by atoms with van der Waals surface area (Å²) >= 11 is 0. The zero-order chi connectivity index (χ0) is 11.5. The van der Waals surface area contributed by atoms with Crippen molar-refractivity contribution < 1.29 is 9.90 Å². The fraction of sp³-hybridized carbons (Fsp3) is 0.545. The van der Waals surface area contributed by atoms with Crippen molar-refractivity contribution in [1.82, 2.24) is 14.9 Å². The molecule has 1 saturated heterocycles. The quantitative estimate of drug-likeness (QED) is 0.807. The van der Waals surface area contributed by atoms with Crippen LogP contribution in [0.3, 0.4) is 0 Å². The molecule has 1 aromatic rings. The molecule has 0 saturated carbocycles. The van der Waals surface area contributed by atoms with Gasteiger partial charge in [0.15, 0.2) is 0 Å². The first kappa shape index (κ1) is 11.0. The van der Waals surface area contributed by atoms with Crippen LogP contribution < -0.4 is 0 Å². The predicted octanol–water partition coefficient (Wildman–Crippen LogP) is 0.629. The first-order valence-electron chi connectivity index (χ1n) is 5.38. The van der Waals surface area contributed by atoms with E-state index in [-0.39, 0.29) is 11.8 Å². The Kier molecular flexibility index (Phi) is 3.14. The molecule has 0 spiro atoms. The van der Waals surface area contributed by atoms with Gasteiger partial charge in [0.25, 0.3) is 0 Å². The monoisotopic (exact) mass is 221 g/mol. The molecule has 1 unspecified atom stereocenters. The van der Waals surface area contributed by atoms with E-state index in [1.54, 1.807) is 25.4 Å². The van der Waals surface area contributed by atoms with E-state index < -0.39 is 5.97 Å². The summed E-state index contributed by atoms with van der Waals surface area (Å²) in [7, 11) is 0. The summed E-state index contributed by atoms with van der Waals surface area (Å²) in [6.07, 6.45) is 3.44. The minimum atomic E-state index is -0.708. The first-order valence-corrected chi connectivity index (χ1v) is 5.38. The third-order valence-corrected chi connectivity index (χ3v) is 3.07. The third kappa shape index (κ3) is 2.36. The molecule has 1 aromatic heterocycles. The Hall–Kier alpha value is -1.49. The lowest BCUT2D eigenvalue weighted by Gasteiger charge is -2.40. The van der Waals surface area contributed by atoms with E-state index in [0.29, 0.717) is 6.54 Å². The van der Waals surface area contributed by atoms with Crippen LogP contribution in [-0.4, -0.2) is 39.0 Å². The maximum absolute atomic E-state index is 10.8. The summed E-state index contributed by atoms with van der Waals surface area (Å²) in [6.45, 7) is 4.13. The van der Waals surface area contributed by atoms with Crippen molar-refractivity contribution >= 4 is 5.97 Å². The minimum Gasteiger partial charge on any atom is -0.481 e. The molecule has 16 heavy (non-hydrogen) atoms. The molecule has 1 aliphatic heterocycles. The highest BCUT2D eigenvalue weighted by molar-refractivity contribution is 5.70. The molecule has 0 amide bonds. The summed E-state index contributed by atoms with van der Waals surface area (Å²) in [5.74, 6) is 0.0960. The van der Waals surface area contributed by atoms with Gasteiger partial charge in [-0.05, 0) is 12.0 Å². The van der Waals surface area contributed by atoms with Gasteiger partial charge in [-0.1, -0.05) is 6.92 Å². The highest BCUT2D eigenvalue weighted by Gasteiger charge is 2.34. The molecule has 2 rings (SSSR count). The lowest BCUT2D eigenvalue weighted by molar-refractivity contribution is -0.145. The number of aliphatic carboxylic acids is 1. The molecule has 2 heterocycles. The lowest BCUT2D eigenvalue weighted by Crippen LogP contribution is -2.50. The molecule has 0 aromatic carbocycles. The van der Waals surface area contributed by atoms with E-state index >= 15 is 0 Å². The third-order valence-electron chi connectivity index (χ3n) is 3.07. The number of hydrogen-bond acceptors (Lipinski definition) is 4. The molecule has 1 N–H and O–H groups in total. The summed E-state index contributed by atoms with van der Waals surface area (Å²) in [6, 6.07) is 1.79. The minimum absolute atomic E-state index is 0.257. The average Bonchev–Trinajstić information content (AvgIpc) is 2.23. The molecule has 1 aliphatic rings. The van der Waals surface area contributed by atoms with Crippen LogP contribution in [-0.2, 0) is 11.3 Å². The van der Waals surface area contributed by atoms with E-state index in [1.165, 1.54) is 0 Å². The molecule has 0 radical (unpaired) electrons. The molecule has 1 fully saturated rings. The molecular weight excluding hydrogens is 206 g/mol. The topological polar surface area (TPSA) is 66.3 Å². The maximum atomic E-state index is 10.8. The number of hydrogen-bond donors (Lipinski definition) is 1. The normalized spacial score (nSPS) is 19.1. The Morgan fingerprint density at radius 3 is 2.75 bits per heavy atom. The number of nitrogens with zero attached hydrogens (tertiary/aromatic N) is 3. The van der Waals surface area contributed by atoms with Crippen LogP contribution in [0.15, 0.2) is 18.5 Å². The Labute approximate surface area is 94.1 Å². The van der Waals surface area contributed by atoms with Crippen molar-refractivity contribution in [2.24, 2.45) is 11.8 Å². The molecule has 5 nitrogen and oxygen atoms in total. The van der Waals surface area contributed by atoms with Gasteiger partial charge in [0.1, 0.15) is 5.82 Å². The number of carboxylic acids is 1. The average molecular weight is 221 g/mol. The van der Waals surface area contributed by atoms with Gasteiger partial charge in [0, 0.05) is 25.5 Å². The largest absolute Gasteiger partial charge is 0.481 e. The molecule has 1 atom stereocenters. The van der Waals surface area contributed by atoms with E-state index in [2.05, 4.69) is 14.9 Å². The molecule has 0 bridgehead atoms. The lowest BCUT2D eigenvalue weighted by atomic mass is 9.87. The molecular formula is C11H15N3O2. The summed E-state index contributed by atoms with van der Waals surface area (Å²) in [5, 5.41) is 8.85. The van der Waals surface area contributed by atoms with Crippen molar-refractivity contribution in [2.75, 3.05) is 13.1 Å². The Bertz CT molecular complexity index is 363. The predicted molar refractivity (Wildman–Crippen MR) is 57.6 cm³/mol. The number of likely N-dealkylation sites (tertiary alicyclic amines) is 1. The smallest absolute Gasteiger partial charge is 0.306 e. The second-order valence-corrected chi connectivity index (χ2v) is 4.25. The zero-order valence-corrected chi connectivity index (χ0v) is 9.21. The van der Waals surface area contributed by atoms with Gasteiger partial charge in [-0.25, -0.2) is 9.97 Å². The van der Waals surface area contributed by atoms with Crippen LogP contribution in [0.2, 0.25) is 0 Å². The van der Waals surface area contributed by atoms with E-state index in [0.717, 1.165) is 18.9 Å². The number of carboxylic acid groups (broad SMARTS) is 1. The fourth-order valence-corrected chi connectivity index (χ4v) is 1.87. The van der Waals surface area contributed by atoms with Gasteiger partial charge in [-0.15, -0.1) is 0 Å². The number of carbonyl (C=O) groups is 1. The first-order chi connectivity index (χ1) is 7.66. The molecule has 5 heteroatoms. The Balaban J connectivity index is 1.79. The molecule has 0 aliphatic carbocycles. The van der Waals surface area contributed by atoms with Crippen LogP contribution in [0.25, 0.3) is 0 Å². The van der Waals surface area contributed by atoms with Crippen LogP contribution in [0, 0.1) is 11.8 Å². The van der Waals surface area contributed by atoms with E-state index in [4.69, 9.17) is 5.11 Å². The van der Waals surface area contributed by atoms with Crippen molar-refractivity contribution in [1.29, 1.82) is 0 Å². The van der Waals surface area contributed by atoms with Gasteiger partial charge in [0.2, 0.25) is 0 Å². The second-order valence-electron chi connectivity index (χ2n) is 4.25. The molecule has 86 valence electrons. The van der Waals surface area contributed by atoms with Crippen molar-refractivity contribution in [3.8, 4) is 0 Å². The number of aromatic nitrogens is 2. The van der Waals surface area contributed by atoms with Gasteiger partial charge < -0.3 is 5.11 Å². The van der Waals surface area contributed by atoms with Crippen LogP contribution in [0.5, 0.6) is 0 Å².